The van der Waals surface area contributed by atoms with Crippen molar-refractivity contribution in [2.75, 3.05) is 13.2 Å². The molecule has 0 saturated heterocycles. The van der Waals surface area contributed by atoms with E-state index in [0.717, 1.165) is 18.2 Å². The van der Waals surface area contributed by atoms with Crippen LogP contribution in [-0.2, 0) is 14.3 Å². The Morgan fingerprint density at radius 3 is 2.56 bits per heavy atom. The lowest BCUT2D eigenvalue weighted by Crippen LogP contribution is -2.45. The van der Waals surface area contributed by atoms with Crippen LogP contribution in [-0.4, -0.2) is 46.3 Å². The average molecular weight is 635 g/mol. The number of rotatable bonds is 12. The molecule has 0 spiro atoms. The van der Waals surface area contributed by atoms with Crippen molar-refractivity contribution in [3.05, 3.63) is 109 Å². The summed E-state index contributed by atoms with van der Waals surface area (Å²) in [5, 5.41) is 32.6. The van der Waals surface area contributed by atoms with Crippen molar-refractivity contribution in [2.45, 2.75) is 19.9 Å². The maximum Gasteiger partial charge on any atom is 0.338 e. The number of thiocarbonyl (C=S) groups is 1. The zero-order valence-electron chi connectivity index (χ0n) is 23.8. The maximum atomic E-state index is 12.7. The lowest BCUT2D eigenvalue weighted by molar-refractivity contribution is -0.394. The highest BCUT2D eigenvalue weighted by Crippen LogP contribution is 2.35. The van der Waals surface area contributed by atoms with E-state index in [9.17, 15) is 29.8 Å². The molecule has 15 nitrogen and oxygen atoms in total. The van der Waals surface area contributed by atoms with E-state index in [-0.39, 0.29) is 18.1 Å². The van der Waals surface area contributed by atoms with E-state index in [1.165, 1.54) is 18.3 Å². The van der Waals surface area contributed by atoms with Crippen LogP contribution in [0.2, 0.25) is 0 Å². The van der Waals surface area contributed by atoms with Gasteiger partial charge in [0, 0.05) is 17.3 Å². The molecule has 3 aromatic carbocycles. The minimum atomic E-state index is -0.779. The first kappa shape index (κ1) is 32.0. The van der Waals surface area contributed by atoms with Crippen LogP contribution in [0.1, 0.15) is 31.0 Å². The van der Waals surface area contributed by atoms with Crippen molar-refractivity contribution in [2.24, 2.45) is 5.10 Å². The highest BCUT2D eigenvalue weighted by molar-refractivity contribution is 7.80. The van der Waals surface area contributed by atoms with Gasteiger partial charge in [-0.15, -0.1) is 0 Å². The Morgan fingerprint density at radius 1 is 1.04 bits per heavy atom. The Bertz CT molecular complexity index is 1730. The lowest BCUT2D eigenvalue weighted by Gasteiger charge is -2.30. The number of carbonyl (C=O) groups is 2. The largest absolute Gasteiger partial charge is 0.483 e. The third-order valence-electron chi connectivity index (χ3n) is 6.19. The van der Waals surface area contributed by atoms with Gasteiger partial charge in [-0.05, 0) is 55.9 Å². The molecule has 0 aliphatic carbocycles. The normalized spacial score (nSPS) is 14.3. The fourth-order valence-corrected chi connectivity index (χ4v) is 4.52. The van der Waals surface area contributed by atoms with Crippen molar-refractivity contribution in [3.8, 4) is 17.2 Å². The third-order valence-corrected chi connectivity index (χ3v) is 6.41. The number of hydrazone groups is 1. The van der Waals surface area contributed by atoms with Gasteiger partial charge >= 0.3 is 11.7 Å². The number of allylic oxidation sites excluding steroid dienone is 1. The second kappa shape index (κ2) is 14.5. The summed E-state index contributed by atoms with van der Waals surface area (Å²) in [6, 6.07) is 15.5. The Labute approximate surface area is 261 Å². The minimum absolute atomic E-state index is 0.186. The molecule has 3 aromatic rings. The summed E-state index contributed by atoms with van der Waals surface area (Å²) in [6.45, 7) is 3.19. The number of nitro benzene ring substituents is 2. The molecule has 0 fully saturated rings. The summed E-state index contributed by atoms with van der Waals surface area (Å²) in [5.41, 5.74) is 3.23. The predicted octanol–water partition coefficient (Wildman–Crippen LogP) is 4.18. The van der Waals surface area contributed by atoms with E-state index in [1.54, 1.807) is 50.2 Å². The zero-order valence-corrected chi connectivity index (χ0v) is 24.7. The summed E-state index contributed by atoms with van der Waals surface area (Å²) in [6.07, 6.45) is 1.32. The highest BCUT2D eigenvalue weighted by atomic mass is 32.1. The number of benzene rings is 3. The average Bonchev–Trinajstić information content (AvgIpc) is 3.00. The fourth-order valence-electron chi connectivity index (χ4n) is 4.24. The maximum absolute atomic E-state index is 12.7. The highest BCUT2D eigenvalue weighted by Gasteiger charge is 2.32. The smallest absolute Gasteiger partial charge is 0.338 e. The molecular weight excluding hydrogens is 608 g/mol. The van der Waals surface area contributed by atoms with E-state index in [2.05, 4.69) is 21.2 Å². The van der Waals surface area contributed by atoms with Crippen LogP contribution < -0.4 is 25.5 Å². The molecule has 0 radical (unpaired) electrons. The number of hydrogen-bond acceptors (Lipinski definition) is 11. The second-order valence-electron chi connectivity index (χ2n) is 9.25. The topological polar surface area (TPSA) is 197 Å². The van der Waals surface area contributed by atoms with Crippen LogP contribution in [0.5, 0.6) is 17.2 Å². The van der Waals surface area contributed by atoms with Crippen LogP contribution in [0.15, 0.2) is 83.1 Å². The van der Waals surface area contributed by atoms with Gasteiger partial charge in [-0.2, -0.15) is 5.10 Å². The van der Waals surface area contributed by atoms with Crippen molar-refractivity contribution in [1.82, 2.24) is 16.1 Å². The molecule has 0 unspecified atom stereocenters. The summed E-state index contributed by atoms with van der Waals surface area (Å²) in [4.78, 5) is 46.1. The second-order valence-corrected chi connectivity index (χ2v) is 9.66. The van der Waals surface area contributed by atoms with Gasteiger partial charge in [-0.1, -0.05) is 30.3 Å². The van der Waals surface area contributed by atoms with Crippen LogP contribution in [0.4, 0.5) is 11.4 Å². The Kier molecular flexibility index (Phi) is 10.3. The van der Waals surface area contributed by atoms with Gasteiger partial charge in [-0.25, -0.2) is 10.2 Å². The first-order chi connectivity index (χ1) is 21.6. The molecule has 45 heavy (non-hydrogen) atoms. The van der Waals surface area contributed by atoms with Crippen LogP contribution in [0, 0.1) is 20.2 Å². The quantitative estimate of drug-likeness (QED) is 0.0846. The number of para-hydroxylation sites is 1. The first-order valence-corrected chi connectivity index (χ1v) is 13.7. The molecule has 1 aliphatic heterocycles. The van der Waals surface area contributed by atoms with Crippen LogP contribution in [0.3, 0.4) is 0 Å². The van der Waals surface area contributed by atoms with Gasteiger partial charge < -0.3 is 24.8 Å². The van der Waals surface area contributed by atoms with E-state index in [0.29, 0.717) is 33.3 Å². The van der Waals surface area contributed by atoms with E-state index >= 15 is 0 Å². The molecule has 1 aliphatic rings. The molecular formula is C29H26N6O9S. The van der Waals surface area contributed by atoms with Gasteiger partial charge in [0.2, 0.25) is 5.75 Å². The fraction of sp³-hybridized carbons (Fsp3) is 0.172. The molecule has 1 amide bonds. The predicted molar refractivity (Wildman–Crippen MR) is 165 cm³/mol. The Hall–Kier alpha value is -5.90. The number of nitro groups is 2. The van der Waals surface area contributed by atoms with Gasteiger partial charge in [0.25, 0.3) is 11.6 Å². The number of nitrogens with zero attached hydrogens (tertiary/aromatic N) is 3. The molecule has 0 saturated carbocycles. The summed E-state index contributed by atoms with van der Waals surface area (Å²) in [5.74, 6) is -0.767. The van der Waals surface area contributed by atoms with Crippen molar-refractivity contribution >= 4 is 46.8 Å². The van der Waals surface area contributed by atoms with Crippen molar-refractivity contribution in [3.63, 3.8) is 0 Å². The molecule has 1 heterocycles. The van der Waals surface area contributed by atoms with E-state index in [1.807, 2.05) is 0 Å². The number of nitrogens with one attached hydrogen (secondary N) is 3. The summed E-state index contributed by atoms with van der Waals surface area (Å²) in [7, 11) is 0. The van der Waals surface area contributed by atoms with Crippen LogP contribution >= 0.6 is 12.2 Å². The van der Waals surface area contributed by atoms with Gasteiger partial charge in [0.05, 0.1) is 40.3 Å². The number of esters is 1. The first-order valence-electron chi connectivity index (χ1n) is 13.3. The number of ether oxygens (including phenoxy) is 3. The van der Waals surface area contributed by atoms with Gasteiger partial charge in [-0.3, -0.25) is 25.0 Å². The van der Waals surface area contributed by atoms with Crippen LogP contribution in [0.25, 0.3) is 0 Å². The molecule has 4 rings (SSSR count). The van der Waals surface area contributed by atoms with E-state index in [4.69, 9.17) is 26.4 Å². The molecule has 232 valence electrons. The van der Waals surface area contributed by atoms with Crippen molar-refractivity contribution < 1.29 is 33.6 Å². The Balaban J connectivity index is 1.40. The lowest BCUT2D eigenvalue weighted by atomic mass is 9.95. The number of non-ortho nitro benzene ring substituents is 1. The monoisotopic (exact) mass is 634 g/mol. The zero-order chi connectivity index (χ0) is 32.5. The molecule has 16 heteroatoms. The number of hydrogen-bond donors (Lipinski definition) is 3. The third kappa shape index (κ3) is 8.14. The molecule has 3 N–H and O–H groups in total. The van der Waals surface area contributed by atoms with Gasteiger partial charge in [0.1, 0.15) is 11.5 Å². The number of carbonyl (C=O) groups excluding carboxylic acids is 2. The Morgan fingerprint density at radius 2 is 1.82 bits per heavy atom. The summed E-state index contributed by atoms with van der Waals surface area (Å²) < 4.78 is 16.6. The molecule has 0 bridgehead atoms. The standard InChI is InChI=1S/C29H26N6O9S/c1-3-42-28(37)26-17(2)31-29(45)32-27(26)21-9-4-5-10-23(21)43-16-25(36)33-30-15-18-7-6-8-20(13-18)44-24-12-11-19(34(38)39)14-22(24)35(40)41/h4-15,27H,3,16H2,1-2H3,(H,33,36)(H2,31,32,45)/t27-/m0/s1. The number of amides is 1. The molecule has 1 atom stereocenters. The van der Waals surface area contributed by atoms with Crippen molar-refractivity contribution in [1.29, 1.82) is 0 Å². The minimum Gasteiger partial charge on any atom is -0.483 e. The van der Waals surface area contributed by atoms with Gasteiger partial charge in [0.15, 0.2) is 11.7 Å². The SMILES string of the molecule is CCOC(=O)C1=C(C)NC(=S)N[C@H]1c1ccccc1OCC(=O)NN=Cc1cccc(Oc2ccc([N+](=O)[O-])cc2[N+](=O)[O-])c1. The summed E-state index contributed by atoms with van der Waals surface area (Å²) >= 11 is 5.28. The van der Waals surface area contributed by atoms with E-state index < -0.39 is 45.7 Å². The molecule has 0 aromatic heterocycles.